The Labute approximate surface area is 135 Å². The number of aryl methyl sites for hydroxylation is 2. The van der Waals surface area contributed by atoms with E-state index >= 15 is 0 Å². The number of nitrogens with zero attached hydrogens (tertiary/aromatic N) is 3. The second-order valence-electron chi connectivity index (χ2n) is 6.03. The molecule has 1 saturated heterocycles. The molecule has 1 aliphatic rings. The Balaban J connectivity index is 1.60. The molecular weight excluding hydrogens is 294 g/mol. The lowest BCUT2D eigenvalue weighted by Crippen LogP contribution is -2.43. The first-order valence-electron chi connectivity index (χ1n) is 7.65. The Kier molecular flexibility index (Phi) is 4.40. The molecule has 3 rings (SSSR count). The van der Waals surface area contributed by atoms with Crippen molar-refractivity contribution in [2.75, 3.05) is 7.05 Å². The first-order valence-corrected chi connectivity index (χ1v) is 7.65. The largest absolute Gasteiger partial charge is 0.338 e. The molecule has 0 saturated carbocycles. The number of hydrogen-bond acceptors (Lipinski definition) is 6. The van der Waals surface area contributed by atoms with Gasteiger partial charge in [0.2, 0.25) is 5.91 Å². The van der Waals surface area contributed by atoms with Crippen molar-refractivity contribution in [2.24, 2.45) is 0 Å². The molecule has 7 heteroatoms. The van der Waals surface area contributed by atoms with Gasteiger partial charge in [-0.3, -0.25) is 4.79 Å². The number of amides is 1. The van der Waals surface area contributed by atoms with E-state index in [0.717, 1.165) is 0 Å². The molecule has 2 atom stereocenters. The van der Waals surface area contributed by atoms with E-state index in [1.165, 1.54) is 11.1 Å². The highest BCUT2D eigenvalue weighted by atomic mass is 16.6. The van der Waals surface area contributed by atoms with Crippen LogP contribution in [0.1, 0.15) is 35.0 Å². The van der Waals surface area contributed by atoms with Crippen LogP contribution < -0.4 is 10.9 Å². The number of likely N-dealkylation sites (N-methyl/N-ethyl adjacent to an activating group) is 1. The highest BCUT2D eigenvalue weighted by Gasteiger charge is 2.32. The number of rotatable bonds is 4. The van der Waals surface area contributed by atoms with Crippen molar-refractivity contribution in [1.82, 2.24) is 26.1 Å². The molecule has 0 radical (unpaired) electrons. The predicted molar refractivity (Wildman–Crippen MR) is 84.1 cm³/mol. The molecule has 7 nitrogen and oxygen atoms in total. The molecule has 1 aromatic heterocycles. The van der Waals surface area contributed by atoms with Crippen LogP contribution in [-0.4, -0.2) is 34.2 Å². The van der Waals surface area contributed by atoms with Gasteiger partial charge in [-0.25, -0.2) is 15.5 Å². The third-order valence-electron chi connectivity index (χ3n) is 4.19. The van der Waals surface area contributed by atoms with Gasteiger partial charge >= 0.3 is 0 Å². The van der Waals surface area contributed by atoms with Crippen LogP contribution in [0.4, 0.5) is 0 Å². The van der Waals surface area contributed by atoms with Crippen LogP contribution in [-0.2, 0) is 11.3 Å². The quantitative estimate of drug-likeness (QED) is 0.883. The lowest BCUT2D eigenvalue weighted by molar-refractivity contribution is -0.132. The Morgan fingerprint density at radius 2 is 2.00 bits per heavy atom. The van der Waals surface area contributed by atoms with Gasteiger partial charge in [0.1, 0.15) is 17.4 Å². The van der Waals surface area contributed by atoms with Crippen molar-refractivity contribution in [3.8, 4) is 0 Å². The normalized spacial score (nSPS) is 20.7. The standard InChI is InChI=1S/C16H21N5O2/c1-10-4-6-12(7-5-10)13-8-14(18-17-13)16(22)21(3)9-15-11(2)19-23-20-15/h4-7,13-14,17-18H,8-9H2,1-3H3. The van der Waals surface area contributed by atoms with Gasteiger partial charge in [0.25, 0.3) is 0 Å². The van der Waals surface area contributed by atoms with Crippen LogP contribution >= 0.6 is 0 Å². The van der Waals surface area contributed by atoms with Crippen LogP contribution in [0.5, 0.6) is 0 Å². The van der Waals surface area contributed by atoms with E-state index in [-0.39, 0.29) is 18.0 Å². The molecule has 0 bridgehead atoms. The molecule has 0 spiro atoms. The van der Waals surface area contributed by atoms with Crippen LogP contribution in [0, 0.1) is 13.8 Å². The fourth-order valence-electron chi connectivity index (χ4n) is 2.70. The number of hydrogen-bond donors (Lipinski definition) is 2. The number of carbonyl (C=O) groups is 1. The zero-order valence-corrected chi connectivity index (χ0v) is 13.5. The van der Waals surface area contributed by atoms with Crippen molar-refractivity contribution in [1.29, 1.82) is 0 Å². The van der Waals surface area contributed by atoms with E-state index in [2.05, 4.69) is 57.0 Å². The van der Waals surface area contributed by atoms with Gasteiger partial charge in [0, 0.05) is 13.1 Å². The maximum absolute atomic E-state index is 12.6. The summed E-state index contributed by atoms with van der Waals surface area (Å²) in [4.78, 5) is 14.2. The van der Waals surface area contributed by atoms with Gasteiger partial charge in [-0.1, -0.05) is 40.1 Å². The monoisotopic (exact) mass is 315 g/mol. The third-order valence-corrected chi connectivity index (χ3v) is 4.19. The molecule has 0 aliphatic carbocycles. The summed E-state index contributed by atoms with van der Waals surface area (Å²) < 4.78 is 4.67. The lowest BCUT2D eigenvalue weighted by atomic mass is 10.0. The van der Waals surface area contributed by atoms with Crippen molar-refractivity contribution < 1.29 is 9.42 Å². The maximum Gasteiger partial charge on any atom is 0.241 e. The van der Waals surface area contributed by atoms with E-state index in [0.29, 0.717) is 24.4 Å². The van der Waals surface area contributed by atoms with Gasteiger partial charge in [0.15, 0.2) is 0 Å². The molecule has 2 aromatic rings. The van der Waals surface area contributed by atoms with E-state index in [1.54, 1.807) is 11.9 Å². The molecule has 2 unspecified atom stereocenters. The molecule has 2 heterocycles. The SMILES string of the molecule is Cc1ccc(C2CC(C(=O)N(C)Cc3nonc3C)NN2)cc1. The number of benzene rings is 1. The molecule has 23 heavy (non-hydrogen) atoms. The molecular formula is C16H21N5O2. The summed E-state index contributed by atoms with van der Waals surface area (Å²) >= 11 is 0. The fraction of sp³-hybridized carbons (Fsp3) is 0.438. The summed E-state index contributed by atoms with van der Waals surface area (Å²) in [6, 6.07) is 8.22. The topological polar surface area (TPSA) is 83.3 Å². The molecule has 1 aliphatic heterocycles. The zero-order valence-electron chi connectivity index (χ0n) is 13.5. The van der Waals surface area contributed by atoms with Gasteiger partial charge < -0.3 is 4.90 Å². The number of nitrogens with one attached hydrogen (secondary N) is 2. The minimum atomic E-state index is -0.258. The van der Waals surface area contributed by atoms with Crippen molar-refractivity contribution in [2.45, 2.75) is 38.9 Å². The Morgan fingerprint density at radius 3 is 2.65 bits per heavy atom. The minimum absolute atomic E-state index is 0.0227. The summed E-state index contributed by atoms with van der Waals surface area (Å²) in [5, 5.41) is 7.55. The second-order valence-corrected chi connectivity index (χ2v) is 6.03. The summed E-state index contributed by atoms with van der Waals surface area (Å²) in [6.45, 7) is 4.26. The average Bonchev–Trinajstić information content (AvgIpc) is 3.17. The average molecular weight is 315 g/mol. The summed E-state index contributed by atoms with van der Waals surface area (Å²) in [5.41, 5.74) is 10.1. The smallest absolute Gasteiger partial charge is 0.241 e. The van der Waals surface area contributed by atoms with E-state index < -0.39 is 0 Å². The maximum atomic E-state index is 12.6. The first kappa shape index (κ1) is 15.6. The molecule has 1 aromatic carbocycles. The third kappa shape index (κ3) is 3.40. The highest BCUT2D eigenvalue weighted by Crippen LogP contribution is 2.23. The summed E-state index contributed by atoms with van der Waals surface area (Å²) in [7, 11) is 1.76. The van der Waals surface area contributed by atoms with Crippen LogP contribution in [0.3, 0.4) is 0 Å². The van der Waals surface area contributed by atoms with Crippen molar-refractivity contribution in [3.63, 3.8) is 0 Å². The van der Waals surface area contributed by atoms with Gasteiger partial charge in [0.05, 0.1) is 6.54 Å². The number of aromatic nitrogens is 2. The molecule has 122 valence electrons. The van der Waals surface area contributed by atoms with Crippen LogP contribution in [0.2, 0.25) is 0 Å². The van der Waals surface area contributed by atoms with E-state index in [9.17, 15) is 4.79 Å². The Hall–Kier alpha value is -2.25. The summed E-state index contributed by atoms with van der Waals surface area (Å²) in [6.07, 6.45) is 0.711. The molecule has 1 fully saturated rings. The number of hydrazine groups is 1. The number of carbonyl (C=O) groups excluding carboxylic acids is 1. The molecule has 1 amide bonds. The highest BCUT2D eigenvalue weighted by molar-refractivity contribution is 5.82. The van der Waals surface area contributed by atoms with Crippen molar-refractivity contribution >= 4 is 5.91 Å². The van der Waals surface area contributed by atoms with Gasteiger partial charge in [-0.15, -0.1) is 0 Å². The molecule has 2 N–H and O–H groups in total. The second kappa shape index (κ2) is 6.47. The fourth-order valence-corrected chi connectivity index (χ4v) is 2.70. The Morgan fingerprint density at radius 1 is 1.26 bits per heavy atom. The van der Waals surface area contributed by atoms with E-state index in [4.69, 9.17) is 0 Å². The van der Waals surface area contributed by atoms with Gasteiger partial charge in [-0.2, -0.15) is 0 Å². The van der Waals surface area contributed by atoms with Crippen LogP contribution in [0.15, 0.2) is 28.9 Å². The Bertz CT molecular complexity index is 682. The predicted octanol–water partition coefficient (Wildman–Crippen LogP) is 1.25. The first-order chi connectivity index (χ1) is 11.0. The minimum Gasteiger partial charge on any atom is -0.338 e. The van der Waals surface area contributed by atoms with Crippen LogP contribution in [0.25, 0.3) is 0 Å². The van der Waals surface area contributed by atoms with Crippen molar-refractivity contribution in [3.05, 3.63) is 46.8 Å². The van der Waals surface area contributed by atoms with E-state index in [1.807, 2.05) is 6.92 Å². The zero-order chi connectivity index (χ0) is 16.4. The summed E-state index contributed by atoms with van der Waals surface area (Å²) in [5.74, 6) is 0.0227. The van der Waals surface area contributed by atoms with Gasteiger partial charge in [-0.05, 0) is 25.8 Å². The lowest BCUT2D eigenvalue weighted by Gasteiger charge is -2.19.